The lowest BCUT2D eigenvalue weighted by Gasteiger charge is -2.14. The summed E-state index contributed by atoms with van der Waals surface area (Å²) < 4.78 is 13.4. The third-order valence-electron chi connectivity index (χ3n) is 4.34. The molecule has 0 spiro atoms. The zero-order valence-electron chi connectivity index (χ0n) is 16.0. The average Bonchev–Trinajstić information content (AvgIpc) is 2.97. The quantitative estimate of drug-likeness (QED) is 0.426. The van der Waals surface area contributed by atoms with Gasteiger partial charge >= 0.3 is 5.97 Å². The number of nitrogens with zero attached hydrogens (tertiary/aromatic N) is 1. The number of carboxylic acids is 1. The lowest BCUT2D eigenvalue weighted by molar-refractivity contribution is -0.122. The first-order valence-corrected chi connectivity index (χ1v) is 10.3. The van der Waals surface area contributed by atoms with Crippen LogP contribution in [0.15, 0.2) is 47.4 Å². The number of phenols is 1. The number of anilines is 1. The summed E-state index contributed by atoms with van der Waals surface area (Å²) >= 11 is 6.40. The van der Waals surface area contributed by atoms with Gasteiger partial charge in [-0.1, -0.05) is 36.1 Å². The van der Waals surface area contributed by atoms with Gasteiger partial charge in [0.05, 0.1) is 4.91 Å². The van der Waals surface area contributed by atoms with Gasteiger partial charge in [-0.2, -0.15) is 0 Å². The molecule has 1 aliphatic heterocycles. The number of hydrogen-bond donors (Lipinski definition) is 3. The summed E-state index contributed by atoms with van der Waals surface area (Å²) in [4.78, 5) is 37.4. The van der Waals surface area contributed by atoms with E-state index in [4.69, 9.17) is 17.3 Å². The van der Waals surface area contributed by atoms with Gasteiger partial charge in [0.1, 0.15) is 21.5 Å². The second-order valence-corrected chi connectivity index (χ2v) is 8.25. The van der Waals surface area contributed by atoms with Crippen LogP contribution in [0.25, 0.3) is 6.08 Å². The molecule has 160 valence electrons. The lowest BCUT2D eigenvalue weighted by atomic mass is 10.1. The van der Waals surface area contributed by atoms with Gasteiger partial charge in [-0.05, 0) is 42.3 Å². The number of hydrogen-bond acceptors (Lipinski definition) is 6. The molecule has 3 rings (SSSR count). The molecule has 0 radical (unpaired) electrons. The van der Waals surface area contributed by atoms with Crippen molar-refractivity contribution in [1.29, 1.82) is 0 Å². The number of benzene rings is 2. The van der Waals surface area contributed by atoms with Gasteiger partial charge in [0.15, 0.2) is 0 Å². The van der Waals surface area contributed by atoms with E-state index < -0.39 is 11.7 Å². The molecule has 1 saturated heterocycles. The summed E-state index contributed by atoms with van der Waals surface area (Å²) in [5, 5.41) is 21.1. The van der Waals surface area contributed by atoms with Crippen LogP contribution in [0.2, 0.25) is 0 Å². The number of carbonyl (C=O) groups is 3. The van der Waals surface area contributed by atoms with Crippen LogP contribution in [0.1, 0.15) is 28.8 Å². The highest BCUT2D eigenvalue weighted by Crippen LogP contribution is 2.32. The van der Waals surface area contributed by atoms with E-state index in [-0.39, 0.29) is 41.8 Å². The van der Waals surface area contributed by atoms with Gasteiger partial charge in [0.2, 0.25) is 5.91 Å². The highest BCUT2D eigenvalue weighted by molar-refractivity contribution is 8.26. The molecule has 0 bridgehead atoms. The molecule has 0 aromatic heterocycles. The van der Waals surface area contributed by atoms with Crippen molar-refractivity contribution in [2.75, 3.05) is 11.9 Å². The number of halogens is 1. The van der Waals surface area contributed by atoms with E-state index in [0.717, 1.165) is 17.8 Å². The van der Waals surface area contributed by atoms with E-state index in [1.165, 1.54) is 29.2 Å². The topological polar surface area (TPSA) is 107 Å². The fourth-order valence-electron chi connectivity index (χ4n) is 2.81. The van der Waals surface area contributed by atoms with Gasteiger partial charge in [0.25, 0.3) is 5.91 Å². The first-order valence-electron chi connectivity index (χ1n) is 9.11. The van der Waals surface area contributed by atoms with Crippen LogP contribution in [-0.4, -0.2) is 43.8 Å². The van der Waals surface area contributed by atoms with Crippen LogP contribution in [-0.2, 0) is 9.59 Å². The number of aromatic carboxylic acids is 1. The first kappa shape index (κ1) is 22.4. The number of amides is 2. The molecule has 0 unspecified atom stereocenters. The summed E-state index contributed by atoms with van der Waals surface area (Å²) in [5.74, 6) is -2.71. The monoisotopic (exact) mass is 460 g/mol. The second-order valence-electron chi connectivity index (χ2n) is 6.57. The molecule has 2 aromatic rings. The molecule has 3 N–H and O–H groups in total. The van der Waals surface area contributed by atoms with Crippen LogP contribution >= 0.6 is 24.0 Å². The predicted octanol–water partition coefficient (Wildman–Crippen LogP) is 3.85. The molecule has 7 nitrogen and oxygen atoms in total. The number of carbonyl (C=O) groups excluding carboxylic acids is 2. The summed E-state index contributed by atoms with van der Waals surface area (Å²) in [6, 6.07) is 9.47. The van der Waals surface area contributed by atoms with Gasteiger partial charge in [-0.25, -0.2) is 9.18 Å². The molecule has 1 heterocycles. The minimum absolute atomic E-state index is 0.0928. The van der Waals surface area contributed by atoms with Crippen molar-refractivity contribution >= 4 is 57.8 Å². The average molecular weight is 461 g/mol. The summed E-state index contributed by atoms with van der Waals surface area (Å²) in [6.07, 6.45) is 2.08. The Hall–Kier alpha value is -3.24. The SMILES string of the molecule is O=C(CCCN1C(=O)C(=Cc2ccc(F)cc2)SC1=S)Nc1ccc(C(=O)O)c(O)c1. The van der Waals surface area contributed by atoms with Crippen molar-refractivity contribution in [3.8, 4) is 5.75 Å². The molecule has 2 amide bonds. The second kappa shape index (κ2) is 9.71. The normalized spacial score (nSPS) is 14.9. The standard InChI is InChI=1S/C21H17FN2O5S2/c22-13-5-3-12(4-6-13)10-17-19(27)24(21(30)31-17)9-1-2-18(26)23-14-7-8-15(20(28)29)16(25)11-14/h3-8,10-11,25H,1-2,9H2,(H,23,26)(H,28,29). The van der Waals surface area contributed by atoms with Crippen LogP contribution in [0.3, 0.4) is 0 Å². The van der Waals surface area contributed by atoms with E-state index in [1.807, 2.05) is 0 Å². The van der Waals surface area contributed by atoms with Crippen molar-refractivity contribution < 1.29 is 29.0 Å². The van der Waals surface area contributed by atoms with Gasteiger partial charge in [-0.15, -0.1) is 0 Å². The van der Waals surface area contributed by atoms with Crippen molar-refractivity contribution in [3.63, 3.8) is 0 Å². The molecule has 31 heavy (non-hydrogen) atoms. The number of carboxylic acid groups (broad SMARTS) is 1. The van der Waals surface area contributed by atoms with E-state index in [1.54, 1.807) is 18.2 Å². The number of aromatic hydroxyl groups is 1. The fourth-order valence-corrected chi connectivity index (χ4v) is 4.12. The zero-order chi connectivity index (χ0) is 22.5. The Morgan fingerprint density at radius 2 is 1.90 bits per heavy atom. The molecule has 1 aliphatic rings. The molecule has 0 aliphatic carbocycles. The minimum atomic E-state index is -1.27. The van der Waals surface area contributed by atoms with Crippen LogP contribution in [0.5, 0.6) is 5.75 Å². The largest absolute Gasteiger partial charge is 0.507 e. The molecule has 10 heteroatoms. The smallest absolute Gasteiger partial charge is 0.339 e. The van der Waals surface area contributed by atoms with Crippen molar-refractivity contribution in [2.24, 2.45) is 0 Å². The maximum absolute atomic E-state index is 13.0. The summed E-state index contributed by atoms with van der Waals surface area (Å²) in [7, 11) is 0. The molecular weight excluding hydrogens is 443 g/mol. The van der Waals surface area contributed by atoms with E-state index in [9.17, 15) is 23.9 Å². The number of rotatable bonds is 7. The molecule has 1 fully saturated rings. The molecule has 2 aromatic carbocycles. The van der Waals surface area contributed by atoms with E-state index in [0.29, 0.717) is 21.2 Å². The van der Waals surface area contributed by atoms with Gasteiger partial charge in [-0.3, -0.25) is 14.5 Å². The highest BCUT2D eigenvalue weighted by atomic mass is 32.2. The van der Waals surface area contributed by atoms with Crippen LogP contribution in [0.4, 0.5) is 10.1 Å². The molecule has 0 atom stereocenters. The van der Waals surface area contributed by atoms with Crippen LogP contribution < -0.4 is 5.32 Å². The Morgan fingerprint density at radius 3 is 2.55 bits per heavy atom. The van der Waals surface area contributed by atoms with Gasteiger partial charge in [0, 0.05) is 24.7 Å². The lowest BCUT2D eigenvalue weighted by Crippen LogP contribution is -2.29. The number of thiocarbonyl (C=S) groups is 1. The summed E-state index contributed by atoms with van der Waals surface area (Å²) in [5.41, 5.74) is 0.680. The maximum atomic E-state index is 13.0. The minimum Gasteiger partial charge on any atom is -0.507 e. The first-order chi connectivity index (χ1) is 14.7. The Bertz CT molecular complexity index is 1090. The Morgan fingerprint density at radius 1 is 1.19 bits per heavy atom. The molecular formula is C21H17FN2O5S2. The Labute approximate surface area is 186 Å². The zero-order valence-corrected chi connectivity index (χ0v) is 17.6. The van der Waals surface area contributed by atoms with E-state index in [2.05, 4.69) is 5.32 Å². The van der Waals surface area contributed by atoms with Crippen molar-refractivity contribution in [2.45, 2.75) is 12.8 Å². The number of nitrogens with one attached hydrogen (secondary N) is 1. The van der Waals surface area contributed by atoms with Crippen LogP contribution in [0, 0.1) is 5.82 Å². The predicted molar refractivity (Wildman–Crippen MR) is 119 cm³/mol. The van der Waals surface area contributed by atoms with Crippen molar-refractivity contribution in [1.82, 2.24) is 4.90 Å². The molecule has 0 saturated carbocycles. The highest BCUT2D eigenvalue weighted by Gasteiger charge is 2.31. The third-order valence-corrected chi connectivity index (χ3v) is 5.72. The van der Waals surface area contributed by atoms with E-state index >= 15 is 0 Å². The van der Waals surface area contributed by atoms with Gasteiger partial charge < -0.3 is 15.5 Å². The number of thioether (sulfide) groups is 1. The fraction of sp³-hybridized carbons (Fsp3) is 0.143. The van der Waals surface area contributed by atoms with Crippen molar-refractivity contribution in [3.05, 3.63) is 64.3 Å². The summed E-state index contributed by atoms with van der Waals surface area (Å²) in [6.45, 7) is 0.252. The third kappa shape index (κ3) is 5.68. The maximum Gasteiger partial charge on any atom is 0.339 e. The Kier molecular flexibility index (Phi) is 7.03. The Balaban J connectivity index is 1.53.